The van der Waals surface area contributed by atoms with Crippen molar-refractivity contribution in [2.45, 2.75) is 12.8 Å². The lowest BCUT2D eigenvalue weighted by atomic mass is 10.0. The second-order valence-corrected chi connectivity index (χ2v) is 8.17. The standard InChI is InChI=1S/C27H18FN5O/c1-2-25-31-23-16-30-22-9-7-17(18-5-3-11-29-15-18)13-20(22)27(23)33(25)19-8-10-24(21(28)14-19)32-12-4-6-26(32)34/h1,3,5,7-11,13-16H,4,6,12H2. The fourth-order valence-corrected chi connectivity index (χ4v) is 4.57. The van der Waals surface area contributed by atoms with Crippen LogP contribution in [0.15, 0.2) is 67.1 Å². The minimum Gasteiger partial charge on any atom is -0.310 e. The zero-order valence-corrected chi connectivity index (χ0v) is 18.1. The molecule has 6 rings (SSSR count). The number of nitrogens with zero attached hydrogens (tertiary/aromatic N) is 5. The van der Waals surface area contributed by atoms with Gasteiger partial charge in [-0.2, -0.15) is 0 Å². The van der Waals surface area contributed by atoms with E-state index in [0.29, 0.717) is 30.0 Å². The molecule has 4 heterocycles. The van der Waals surface area contributed by atoms with Gasteiger partial charge in [-0.25, -0.2) is 9.37 Å². The second kappa shape index (κ2) is 7.78. The summed E-state index contributed by atoms with van der Waals surface area (Å²) in [6, 6.07) is 14.6. The van der Waals surface area contributed by atoms with E-state index in [-0.39, 0.29) is 11.6 Å². The van der Waals surface area contributed by atoms with Gasteiger partial charge < -0.3 is 4.90 Å². The summed E-state index contributed by atoms with van der Waals surface area (Å²) >= 11 is 0. The third-order valence-corrected chi connectivity index (χ3v) is 6.16. The molecular weight excluding hydrogens is 429 g/mol. The summed E-state index contributed by atoms with van der Waals surface area (Å²) in [5.74, 6) is 2.42. The third-order valence-electron chi connectivity index (χ3n) is 6.16. The van der Waals surface area contributed by atoms with Gasteiger partial charge in [-0.15, -0.1) is 6.42 Å². The Morgan fingerprint density at radius 1 is 1.03 bits per heavy atom. The number of aromatic nitrogens is 4. The van der Waals surface area contributed by atoms with Gasteiger partial charge in [0.15, 0.2) is 5.82 Å². The molecule has 2 aromatic carbocycles. The molecule has 3 aromatic heterocycles. The van der Waals surface area contributed by atoms with Gasteiger partial charge in [0.1, 0.15) is 11.3 Å². The predicted octanol–water partition coefficient (Wildman–Crippen LogP) is 4.88. The van der Waals surface area contributed by atoms with Crippen LogP contribution in [0.25, 0.3) is 38.8 Å². The zero-order valence-electron chi connectivity index (χ0n) is 18.1. The lowest BCUT2D eigenvalue weighted by Gasteiger charge is -2.17. The molecule has 0 bridgehead atoms. The van der Waals surface area contributed by atoms with Crippen LogP contribution in [0, 0.1) is 18.2 Å². The van der Waals surface area contributed by atoms with E-state index >= 15 is 4.39 Å². The van der Waals surface area contributed by atoms with Crippen molar-refractivity contribution in [3.8, 4) is 29.2 Å². The van der Waals surface area contributed by atoms with Crippen molar-refractivity contribution in [2.75, 3.05) is 11.4 Å². The summed E-state index contributed by atoms with van der Waals surface area (Å²) < 4.78 is 17.0. The lowest BCUT2D eigenvalue weighted by molar-refractivity contribution is -0.117. The number of terminal acetylenes is 1. The van der Waals surface area contributed by atoms with Gasteiger partial charge in [-0.3, -0.25) is 19.3 Å². The second-order valence-electron chi connectivity index (χ2n) is 8.17. The molecule has 1 aliphatic rings. The van der Waals surface area contributed by atoms with E-state index in [4.69, 9.17) is 6.42 Å². The van der Waals surface area contributed by atoms with Gasteiger partial charge in [0, 0.05) is 42.4 Å². The van der Waals surface area contributed by atoms with E-state index in [1.807, 2.05) is 30.3 Å². The molecule has 0 atom stereocenters. The first-order valence-corrected chi connectivity index (χ1v) is 10.9. The third kappa shape index (κ3) is 3.11. The molecule has 1 aliphatic heterocycles. The van der Waals surface area contributed by atoms with Gasteiger partial charge in [-0.05, 0) is 48.2 Å². The molecule has 7 heteroatoms. The van der Waals surface area contributed by atoms with E-state index in [1.54, 1.807) is 35.3 Å². The topological polar surface area (TPSA) is 63.9 Å². The molecule has 1 fully saturated rings. The number of hydrogen-bond donors (Lipinski definition) is 0. The van der Waals surface area contributed by atoms with Crippen molar-refractivity contribution in [2.24, 2.45) is 0 Å². The van der Waals surface area contributed by atoms with Gasteiger partial charge >= 0.3 is 0 Å². The fourth-order valence-electron chi connectivity index (χ4n) is 4.57. The summed E-state index contributed by atoms with van der Waals surface area (Å²) in [7, 11) is 0. The van der Waals surface area contributed by atoms with Crippen LogP contribution in [-0.4, -0.2) is 32.0 Å². The minimum absolute atomic E-state index is 0.0657. The molecule has 0 N–H and O–H groups in total. The van der Waals surface area contributed by atoms with Crippen LogP contribution in [0.2, 0.25) is 0 Å². The maximum absolute atomic E-state index is 15.2. The van der Waals surface area contributed by atoms with Gasteiger partial charge in [0.25, 0.3) is 0 Å². The fraction of sp³-hybridized carbons (Fsp3) is 0.111. The quantitative estimate of drug-likeness (QED) is 0.370. The van der Waals surface area contributed by atoms with Crippen molar-refractivity contribution in [1.82, 2.24) is 19.5 Å². The Morgan fingerprint density at radius 3 is 2.68 bits per heavy atom. The minimum atomic E-state index is -0.480. The first kappa shape index (κ1) is 20.1. The van der Waals surface area contributed by atoms with Gasteiger partial charge in [-0.1, -0.05) is 12.1 Å². The number of imidazole rings is 1. The molecule has 0 unspecified atom stereocenters. The molecule has 0 aliphatic carbocycles. The van der Waals surface area contributed by atoms with E-state index in [9.17, 15) is 4.79 Å². The van der Waals surface area contributed by atoms with Crippen LogP contribution >= 0.6 is 0 Å². The van der Waals surface area contributed by atoms with Crippen LogP contribution in [0.4, 0.5) is 10.1 Å². The Labute approximate surface area is 194 Å². The number of carbonyl (C=O) groups is 1. The molecule has 1 amide bonds. The van der Waals surface area contributed by atoms with E-state index < -0.39 is 5.82 Å². The summed E-state index contributed by atoms with van der Waals surface area (Å²) in [5, 5.41) is 0.840. The molecule has 0 spiro atoms. The number of carbonyl (C=O) groups excluding carboxylic acids is 1. The Bertz CT molecular complexity index is 1630. The maximum atomic E-state index is 15.2. The average molecular weight is 447 g/mol. The molecule has 164 valence electrons. The summed E-state index contributed by atoms with van der Waals surface area (Å²) in [4.78, 5) is 26.9. The highest BCUT2D eigenvalue weighted by Gasteiger charge is 2.25. The number of fused-ring (bicyclic) bond motifs is 3. The maximum Gasteiger partial charge on any atom is 0.227 e. The van der Waals surface area contributed by atoms with E-state index in [2.05, 4.69) is 20.9 Å². The van der Waals surface area contributed by atoms with Gasteiger partial charge in [0.2, 0.25) is 5.91 Å². The highest BCUT2D eigenvalue weighted by Crippen LogP contribution is 2.33. The predicted molar refractivity (Wildman–Crippen MR) is 129 cm³/mol. The van der Waals surface area contributed by atoms with Crippen LogP contribution < -0.4 is 4.90 Å². The number of anilines is 1. The smallest absolute Gasteiger partial charge is 0.227 e. The summed E-state index contributed by atoms with van der Waals surface area (Å²) in [5.41, 5.74) is 4.88. The largest absolute Gasteiger partial charge is 0.310 e. The molecule has 0 saturated carbocycles. The highest BCUT2D eigenvalue weighted by atomic mass is 19.1. The first-order valence-electron chi connectivity index (χ1n) is 10.9. The van der Waals surface area contributed by atoms with Crippen LogP contribution in [0.5, 0.6) is 0 Å². The number of hydrogen-bond acceptors (Lipinski definition) is 4. The lowest BCUT2D eigenvalue weighted by Crippen LogP contribution is -2.24. The van der Waals surface area contributed by atoms with Crippen LogP contribution in [-0.2, 0) is 4.79 Å². The molecule has 1 saturated heterocycles. The monoisotopic (exact) mass is 447 g/mol. The van der Waals surface area contributed by atoms with E-state index in [0.717, 1.165) is 34.0 Å². The summed E-state index contributed by atoms with van der Waals surface area (Å²) in [6.07, 6.45) is 12.2. The number of rotatable bonds is 3. The first-order chi connectivity index (χ1) is 16.6. The average Bonchev–Trinajstić information content (AvgIpc) is 3.47. The van der Waals surface area contributed by atoms with Crippen molar-refractivity contribution in [3.63, 3.8) is 0 Å². The molecule has 0 radical (unpaired) electrons. The molecule has 5 aromatic rings. The summed E-state index contributed by atoms with van der Waals surface area (Å²) in [6.45, 7) is 0.520. The van der Waals surface area contributed by atoms with E-state index in [1.165, 1.54) is 11.0 Å². The number of amides is 1. The number of halogens is 1. The van der Waals surface area contributed by atoms with Crippen LogP contribution in [0.1, 0.15) is 18.7 Å². The Hall–Kier alpha value is -4.57. The SMILES string of the molecule is C#Cc1nc2cnc3ccc(-c4cccnc4)cc3c2n1-c1ccc(N2CCCC2=O)c(F)c1. The zero-order chi connectivity index (χ0) is 23.2. The molecular formula is C27H18FN5O. The number of benzene rings is 2. The van der Waals surface area contributed by atoms with Crippen molar-refractivity contribution >= 4 is 33.5 Å². The highest BCUT2D eigenvalue weighted by molar-refractivity contribution is 6.05. The van der Waals surface area contributed by atoms with Crippen molar-refractivity contribution in [1.29, 1.82) is 0 Å². The molecule has 34 heavy (non-hydrogen) atoms. The Morgan fingerprint density at radius 2 is 1.94 bits per heavy atom. The van der Waals surface area contributed by atoms with Crippen molar-refractivity contribution < 1.29 is 9.18 Å². The molecule has 6 nitrogen and oxygen atoms in total. The number of pyridine rings is 2. The normalized spacial score (nSPS) is 13.6. The Kier molecular flexibility index (Phi) is 4.59. The Balaban J connectivity index is 1.58. The van der Waals surface area contributed by atoms with Crippen LogP contribution in [0.3, 0.4) is 0 Å². The van der Waals surface area contributed by atoms with Gasteiger partial charge in [0.05, 0.1) is 28.6 Å². The van der Waals surface area contributed by atoms with Crippen molar-refractivity contribution in [3.05, 3.63) is 78.8 Å².